The molecule has 1 aliphatic heterocycles. The van der Waals surface area contributed by atoms with Gasteiger partial charge in [-0.25, -0.2) is 0 Å². The third-order valence-electron chi connectivity index (χ3n) is 1.20. The van der Waals surface area contributed by atoms with Crippen molar-refractivity contribution < 1.29 is 0 Å². The van der Waals surface area contributed by atoms with Crippen molar-refractivity contribution in [1.82, 2.24) is 0 Å². The lowest BCUT2D eigenvalue weighted by molar-refractivity contribution is 1.52. The lowest BCUT2D eigenvalue weighted by Gasteiger charge is -1.86. The Labute approximate surface area is 60.6 Å². The number of allylic oxidation sites excluding steroid dienone is 5. The minimum atomic E-state index is 0.674. The first-order valence-electron chi connectivity index (χ1n) is 2.92. The van der Waals surface area contributed by atoms with Crippen molar-refractivity contribution >= 4 is 7.28 Å². The van der Waals surface area contributed by atoms with E-state index in [1.807, 2.05) is 12.1 Å². The Hall–Kier alpha value is -1.43. The molecule has 0 saturated heterocycles. The maximum atomic E-state index is 8.41. The predicted octanol–water partition coefficient (Wildman–Crippen LogP) is 0.468. The SMILES string of the molecule is N#CC1=CC=C(/C=C/N)[B]1. The van der Waals surface area contributed by atoms with Crippen LogP contribution in [0.1, 0.15) is 0 Å². The van der Waals surface area contributed by atoms with Gasteiger partial charge in [0.2, 0.25) is 7.28 Å². The Balaban J connectivity index is 2.58. The van der Waals surface area contributed by atoms with Crippen molar-refractivity contribution in [2.45, 2.75) is 0 Å². The summed E-state index contributed by atoms with van der Waals surface area (Å²) in [6.45, 7) is 0. The highest BCUT2D eigenvalue weighted by atomic mass is 14.5. The smallest absolute Gasteiger partial charge is 0.205 e. The monoisotopic (exact) mass is 129 g/mol. The highest BCUT2D eigenvalue weighted by Gasteiger charge is 2.05. The quantitative estimate of drug-likeness (QED) is 0.523. The van der Waals surface area contributed by atoms with E-state index in [0.717, 1.165) is 5.47 Å². The maximum absolute atomic E-state index is 8.41. The van der Waals surface area contributed by atoms with E-state index in [1.54, 1.807) is 19.4 Å². The molecule has 10 heavy (non-hydrogen) atoms. The van der Waals surface area contributed by atoms with Gasteiger partial charge in [-0.05, 0) is 11.7 Å². The lowest BCUT2D eigenvalue weighted by atomic mass is 9.66. The van der Waals surface area contributed by atoms with E-state index < -0.39 is 0 Å². The molecule has 1 heterocycles. The van der Waals surface area contributed by atoms with Crippen LogP contribution in [-0.2, 0) is 0 Å². The van der Waals surface area contributed by atoms with Gasteiger partial charge >= 0.3 is 0 Å². The zero-order chi connectivity index (χ0) is 7.40. The topological polar surface area (TPSA) is 49.8 Å². The molecule has 0 unspecified atom stereocenters. The molecule has 1 rings (SSSR count). The third-order valence-corrected chi connectivity index (χ3v) is 1.20. The second-order valence-corrected chi connectivity index (χ2v) is 1.90. The molecule has 1 radical (unpaired) electrons. The molecule has 0 aliphatic carbocycles. The number of nitrogens with two attached hydrogens (primary N) is 1. The van der Waals surface area contributed by atoms with Crippen LogP contribution in [0.3, 0.4) is 0 Å². The normalized spacial score (nSPS) is 15.9. The first-order valence-corrected chi connectivity index (χ1v) is 2.92. The van der Waals surface area contributed by atoms with Gasteiger partial charge in [-0.3, -0.25) is 0 Å². The van der Waals surface area contributed by atoms with Crippen LogP contribution in [0.15, 0.2) is 35.4 Å². The molecule has 0 saturated carbocycles. The molecule has 2 N–H and O–H groups in total. The number of nitriles is 1. The average molecular weight is 129 g/mol. The molecule has 0 atom stereocenters. The van der Waals surface area contributed by atoms with Crippen molar-refractivity contribution in [3.63, 3.8) is 0 Å². The fourth-order valence-corrected chi connectivity index (χ4v) is 0.746. The summed E-state index contributed by atoms with van der Waals surface area (Å²) in [5.41, 5.74) is 6.79. The van der Waals surface area contributed by atoms with E-state index in [9.17, 15) is 0 Å². The van der Waals surface area contributed by atoms with Gasteiger partial charge in [0.15, 0.2) is 0 Å². The van der Waals surface area contributed by atoms with Crippen molar-refractivity contribution in [2.24, 2.45) is 5.73 Å². The van der Waals surface area contributed by atoms with Crippen LogP contribution in [0.2, 0.25) is 0 Å². The molecule has 0 amide bonds. The number of hydrogen-bond acceptors (Lipinski definition) is 2. The third kappa shape index (κ3) is 1.29. The molecule has 1 aliphatic rings. The zero-order valence-corrected chi connectivity index (χ0v) is 5.41. The summed E-state index contributed by atoms with van der Waals surface area (Å²) in [7, 11) is 1.78. The summed E-state index contributed by atoms with van der Waals surface area (Å²) in [4.78, 5) is 0. The van der Waals surface area contributed by atoms with E-state index >= 15 is 0 Å². The van der Waals surface area contributed by atoms with Crippen LogP contribution in [0, 0.1) is 11.3 Å². The van der Waals surface area contributed by atoms with Gasteiger partial charge in [0.1, 0.15) is 0 Å². The van der Waals surface area contributed by atoms with Gasteiger partial charge in [0.05, 0.1) is 6.07 Å². The van der Waals surface area contributed by atoms with Gasteiger partial charge in [0.25, 0.3) is 0 Å². The molecule has 0 aromatic rings. The van der Waals surface area contributed by atoms with Crippen LogP contribution in [-0.4, -0.2) is 7.28 Å². The van der Waals surface area contributed by atoms with Crippen molar-refractivity contribution in [3.05, 3.63) is 35.4 Å². The molecule has 3 heteroatoms. The standard InChI is InChI=1S/C7H6BN2/c9-4-3-6-1-2-7(5-10)8-6/h1-4H,9H2/b4-3+. The number of hydrogen-bond donors (Lipinski definition) is 1. The van der Waals surface area contributed by atoms with Gasteiger partial charge < -0.3 is 5.73 Å². The van der Waals surface area contributed by atoms with Gasteiger partial charge in [-0.1, -0.05) is 23.7 Å². The minimum Gasteiger partial charge on any atom is -0.405 e. The molecule has 47 valence electrons. The van der Waals surface area contributed by atoms with Crippen LogP contribution in [0.5, 0.6) is 0 Å². The van der Waals surface area contributed by atoms with Crippen LogP contribution >= 0.6 is 0 Å². The number of rotatable bonds is 1. The molecule has 0 aromatic carbocycles. The second kappa shape index (κ2) is 2.93. The minimum absolute atomic E-state index is 0.674. The summed E-state index contributed by atoms with van der Waals surface area (Å²) in [5, 5.41) is 8.41. The van der Waals surface area contributed by atoms with E-state index in [-0.39, 0.29) is 0 Å². The maximum Gasteiger partial charge on any atom is 0.205 e. The summed E-state index contributed by atoms with van der Waals surface area (Å²) in [6, 6.07) is 2.03. The summed E-state index contributed by atoms with van der Waals surface area (Å²) < 4.78 is 0. The second-order valence-electron chi connectivity index (χ2n) is 1.90. The highest BCUT2D eigenvalue weighted by molar-refractivity contribution is 6.57. The molecule has 0 aromatic heterocycles. The van der Waals surface area contributed by atoms with Gasteiger partial charge in [-0.15, -0.1) is 0 Å². The fourth-order valence-electron chi connectivity index (χ4n) is 0.746. The largest absolute Gasteiger partial charge is 0.405 e. The van der Waals surface area contributed by atoms with Gasteiger partial charge in [-0.2, -0.15) is 5.26 Å². The molecule has 0 fully saturated rings. The zero-order valence-electron chi connectivity index (χ0n) is 5.41. The van der Waals surface area contributed by atoms with E-state index in [4.69, 9.17) is 11.0 Å². The molecule has 2 nitrogen and oxygen atoms in total. The predicted molar refractivity (Wildman–Crippen MR) is 40.9 cm³/mol. The fraction of sp³-hybridized carbons (Fsp3) is 0. The van der Waals surface area contributed by atoms with Gasteiger partial charge in [0, 0.05) is 0 Å². The van der Waals surface area contributed by atoms with Crippen molar-refractivity contribution in [1.29, 1.82) is 5.26 Å². The van der Waals surface area contributed by atoms with Crippen molar-refractivity contribution in [2.75, 3.05) is 0 Å². The molecule has 0 spiro atoms. The van der Waals surface area contributed by atoms with E-state index in [1.165, 1.54) is 6.20 Å². The highest BCUT2D eigenvalue weighted by Crippen LogP contribution is 2.09. The first kappa shape index (κ1) is 6.69. The first-order chi connectivity index (χ1) is 4.86. The van der Waals surface area contributed by atoms with Crippen LogP contribution in [0.25, 0.3) is 0 Å². The summed E-state index contributed by atoms with van der Waals surface area (Å²) in [5.74, 6) is 0. The molecular weight excluding hydrogens is 123 g/mol. The summed E-state index contributed by atoms with van der Waals surface area (Å²) in [6.07, 6.45) is 6.81. The Bertz CT molecular complexity index is 255. The van der Waals surface area contributed by atoms with Crippen LogP contribution in [0.4, 0.5) is 0 Å². The lowest BCUT2D eigenvalue weighted by Crippen LogP contribution is -1.92. The number of nitrogens with zero attached hydrogens (tertiary/aromatic N) is 1. The van der Waals surface area contributed by atoms with E-state index in [2.05, 4.69) is 0 Å². The Kier molecular flexibility index (Phi) is 1.96. The average Bonchev–Trinajstić information content (AvgIpc) is 2.37. The van der Waals surface area contributed by atoms with Crippen LogP contribution < -0.4 is 5.73 Å². The molecule has 0 bridgehead atoms. The van der Waals surface area contributed by atoms with Crippen molar-refractivity contribution in [3.8, 4) is 6.07 Å². The van der Waals surface area contributed by atoms with E-state index in [0.29, 0.717) is 5.47 Å². The summed E-state index contributed by atoms with van der Waals surface area (Å²) >= 11 is 0. The molecular formula is C7H6BN2. The Morgan fingerprint density at radius 3 is 2.90 bits per heavy atom. The Morgan fingerprint density at radius 2 is 2.40 bits per heavy atom. The Morgan fingerprint density at radius 1 is 1.60 bits per heavy atom.